The van der Waals surface area contributed by atoms with Crippen molar-refractivity contribution in [1.29, 1.82) is 0 Å². The van der Waals surface area contributed by atoms with Crippen LogP contribution in [0.1, 0.15) is 26.5 Å². The second-order valence-corrected chi connectivity index (χ2v) is 4.66. The van der Waals surface area contributed by atoms with Crippen LogP contribution in [0.4, 0.5) is 0 Å². The van der Waals surface area contributed by atoms with Crippen LogP contribution >= 0.6 is 0 Å². The van der Waals surface area contributed by atoms with Gasteiger partial charge in [0.05, 0.1) is 32.5 Å². The molecule has 1 N–H and O–H groups in total. The third kappa shape index (κ3) is 5.88. The number of ether oxygens (including phenoxy) is 1. The summed E-state index contributed by atoms with van der Waals surface area (Å²) in [6.07, 6.45) is 1.56. The molecule has 1 rings (SSSR count). The number of furan rings is 1. The van der Waals surface area contributed by atoms with Crippen LogP contribution in [0.5, 0.6) is 0 Å². The first-order valence-corrected chi connectivity index (χ1v) is 6.71. The molecule has 0 saturated carbocycles. The molecule has 6 heteroatoms. The molecular weight excluding hydrogens is 260 g/mol. The maximum Gasteiger partial charge on any atom is 0.320 e. The molecule has 0 aliphatic carbocycles. The van der Waals surface area contributed by atoms with Crippen molar-refractivity contribution in [2.24, 2.45) is 0 Å². The van der Waals surface area contributed by atoms with Gasteiger partial charge in [0.2, 0.25) is 5.91 Å². The van der Waals surface area contributed by atoms with Crippen molar-refractivity contribution in [3.63, 3.8) is 0 Å². The molecule has 20 heavy (non-hydrogen) atoms. The summed E-state index contributed by atoms with van der Waals surface area (Å²) >= 11 is 0. The molecule has 0 atom stereocenters. The average Bonchev–Trinajstić information content (AvgIpc) is 2.89. The molecule has 1 heterocycles. The van der Waals surface area contributed by atoms with Gasteiger partial charge in [-0.05, 0) is 32.9 Å². The monoisotopic (exact) mass is 282 g/mol. The number of nitrogens with one attached hydrogen (secondary N) is 1. The average molecular weight is 282 g/mol. The SMILES string of the molecule is CCOC(=O)CN(CC(=O)NCc1ccco1)C(C)C. The van der Waals surface area contributed by atoms with E-state index >= 15 is 0 Å². The van der Waals surface area contributed by atoms with Gasteiger partial charge in [-0.25, -0.2) is 0 Å². The minimum absolute atomic E-state index is 0.0776. The minimum Gasteiger partial charge on any atom is -0.467 e. The Balaban J connectivity index is 2.40. The molecule has 0 aliphatic heterocycles. The lowest BCUT2D eigenvalue weighted by Gasteiger charge is -2.24. The van der Waals surface area contributed by atoms with E-state index in [4.69, 9.17) is 9.15 Å². The van der Waals surface area contributed by atoms with Gasteiger partial charge in [-0.2, -0.15) is 0 Å². The smallest absolute Gasteiger partial charge is 0.320 e. The summed E-state index contributed by atoms with van der Waals surface area (Å²) in [5.74, 6) is 0.222. The van der Waals surface area contributed by atoms with Crippen LogP contribution in [-0.4, -0.2) is 42.5 Å². The molecular formula is C14H22N2O4. The topological polar surface area (TPSA) is 71.8 Å². The van der Waals surface area contributed by atoms with Crippen molar-refractivity contribution in [2.75, 3.05) is 19.7 Å². The highest BCUT2D eigenvalue weighted by Crippen LogP contribution is 2.01. The quantitative estimate of drug-likeness (QED) is 0.725. The highest BCUT2D eigenvalue weighted by molar-refractivity contribution is 5.79. The number of esters is 1. The van der Waals surface area contributed by atoms with Crippen molar-refractivity contribution in [3.05, 3.63) is 24.2 Å². The zero-order chi connectivity index (χ0) is 15.0. The van der Waals surface area contributed by atoms with E-state index in [1.807, 2.05) is 13.8 Å². The van der Waals surface area contributed by atoms with Gasteiger partial charge in [0, 0.05) is 6.04 Å². The number of rotatable bonds is 8. The number of amides is 1. The van der Waals surface area contributed by atoms with Gasteiger partial charge >= 0.3 is 5.97 Å². The normalized spacial score (nSPS) is 10.8. The lowest BCUT2D eigenvalue weighted by Crippen LogP contribution is -2.43. The molecule has 6 nitrogen and oxygen atoms in total. The highest BCUT2D eigenvalue weighted by atomic mass is 16.5. The van der Waals surface area contributed by atoms with Crippen molar-refractivity contribution in [3.8, 4) is 0 Å². The maximum absolute atomic E-state index is 11.8. The van der Waals surface area contributed by atoms with Crippen LogP contribution in [0.15, 0.2) is 22.8 Å². The Bertz CT molecular complexity index is 415. The van der Waals surface area contributed by atoms with Gasteiger partial charge in [-0.15, -0.1) is 0 Å². The van der Waals surface area contributed by atoms with Crippen molar-refractivity contribution in [2.45, 2.75) is 33.4 Å². The summed E-state index contributed by atoms with van der Waals surface area (Å²) in [5, 5.41) is 2.75. The summed E-state index contributed by atoms with van der Waals surface area (Å²) in [6, 6.07) is 3.63. The van der Waals surface area contributed by atoms with Crippen LogP contribution in [0.2, 0.25) is 0 Å². The Labute approximate surface area is 119 Å². The van der Waals surface area contributed by atoms with Crippen molar-refractivity contribution >= 4 is 11.9 Å². The Morgan fingerprint density at radius 2 is 2.15 bits per heavy atom. The van der Waals surface area contributed by atoms with Crippen LogP contribution in [0.3, 0.4) is 0 Å². The standard InChI is InChI=1S/C14H22N2O4/c1-4-19-14(18)10-16(11(2)3)9-13(17)15-8-12-6-5-7-20-12/h5-7,11H,4,8-10H2,1-3H3,(H,15,17). The lowest BCUT2D eigenvalue weighted by atomic mass is 10.3. The van der Waals surface area contributed by atoms with Gasteiger partial charge < -0.3 is 14.5 Å². The van der Waals surface area contributed by atoms with Crippen LogP contribution in [0.25, 0.3) is 0 Å². The molecule has 0 saturated heterocycles. The van der Waals surface area contributed by atoms with E-state index in [2.05, 4.69) is 5.32 Å². The number of nitrogens with zero attached hydrogens (tertiary/aromatic N) is 1. The van der Waals surface area contributed by atoms with Gasteiger partial charge in [0.25, 0.3) is 0 Å². The van der Waals surface area contributed by atoms with E-state index in [1.54, 1.807) is 30.2 Å². The van der Waals surface area contributed by atoms with Crippen molar-refractivity contribution < 1.29 is 18.7 Å². The van der Waals surface area contributed by atoms with E-state index in [-0.39, 0.29) is 31.0 Å². The first-order valence-electron chi connectivity index (χ1n) is 6.71. The van der Waals surface area contributed by atoms with Gasteiger partial charge in [-0.3, -0.25) is 14.5 Å². The van der Waals surface area contributed by atoms with E-state index in [9.17, 15) is 9.59 Å². The third-order valence-electron chi connectivity index (χ3n) is 2.75. The van der Waals surface area contributed by atoms with Crippen molar-refractivity contribution in [1.82, 2.24) is 10.2 Å². The molecule has 0 aliphatic rings. The van der Waals surface area contributed by atoms with Gasteiger partial charge in [-0.1, -0.05) is 0 Å². The van der Waals surface area contributed by atoms with Gasteiger partial charge in [0.1, 0.15) is 5.76 Å². The highest BCUT2D eigenvalue weighted by Gasteiger charge is 2.18. The molecule has 0 unspecified atom stereocenters. The molecule has 0 spiro atoms. The predicted octanol–water partition coefficient (Wildman–Crippen LogP) is 1.17. The second-order valence-electron chi connectivity index (χ2n) is 4.66. The maximum atomic E-state index is 11.8. The first kappa shape index (κ1) is 16.2. The summed E-state index contributed by atoms with van der Waals surface area (Å²) in [4.78, 5) is 25.1. The Hall–Kier alpha value is -1.82. The molecule has 1 amide bonds. The summed E-state index contributed by atoms with van der Waals surface area (Å²) in [6.45, 7) is 6.56. The largest absolute Gasteiger partial charge is 0.467 e. The summed E-state index contributed by atoms with van der Waals surface area (Å²) in [7, 11) is 0. The first-order chi connectivity index (χ1) is 9.52. The fraction of sp³-hybridized carbons (Fsp3) is 0.571. The molecule has 0 bridgehead atoms. The number of carbonyl (C=O) groups is 2. The number of hydrogen-bond acceptors (Lipinski definition) is 5. The summed E-state index contributed by atoms with van der Waals surface area (Å²) in [5.41, 5.74) is 0. The van der Waals surface area contributed by atoms with E-state index in [0.717, 1.165) is 0 Å². The fourth-order valence-electron chi connectivity index (χ4n) is 1.63. The van der Waals surface area contributed by atoms with Crippen LogP contribution < -0.4 is 5.32 Å². The molecule has 0 radical (unpaired) electrons. The molecule has 1 aromatic rings. The van der Waals surface area contributed by atoms with E-state index < -0.39 is 0 Å². The Morgan fingerprint density at radius 1 is 1.40 bits per heavy atom. The van der Waals surface area contributed by atoms with E-state index in [1.165, 1.54) is 0 Å². The number of carbonyl (C=O) groups excluding carboxylic acids is 2. The molecule has 112 valence electrons. The zero-order valence-electron chi connectivity index (χ0n) is 12.2. The zero-order valence-corrected chi connectivity index (χ0v) is 12.2. The molecule has 0 aromatic carbocycles. The second kappa shape index (κ2) is 8.37. The Kier molecular flexibility index (Phi) is 6.79. The van der Waals surface area contributed by atoms with E-state index in [0.29, 0.717) is 18.9 Å². The lowest BCUT2D eigenvalue weighted by molar-refractivity contribution is -0.145. The molecule has 1 aromatic heterocycles. The third-order valence-corrected chi connectivity index (χ3v) is 2.75. The Morgan fingerprint density at radius 3 is 2.70 bits per heavy atom. The fourth-order valence-corrected chi connectivity index (χ4v) is 1.63. The van der Waals surface area contributed by atoms with Gasteiger partial charge in [0.15, 0.2) is 0 Å². The summed E-state index contributed by atoms with van der Waals surface area (Å²) < 4.78 is 10.0. The van der Waals surface area contributed by atoms with Crippen LogP contribution in [-0.2, 0) is 20.9 Å². The predicted molar refractivity (Wildman–Crippen MR) is 73.9 cm³/mol. The minimum atomic E-state index is -0.319. The number of hydrogen-bond donors (Lipinski definition) is 1. The molecule has 0 fully saturated rings. The van der Waals surface area contributed by atoms with Crippen LogP contribution in [0, 0.1) is 0 Å².